The van der Waals surface area contributed by atoms with E-state index >= 15 is 0 Å². The molecule has 0 bridgehead atoms. The highest BCUT2D eigenvalue weighted by Gasteiger charge is 2.46. The largest absolute Gasteiger partial charge is 0.337 e. The molecule has 1 amide bonds. The molecule has 0 radical (unpaired) electrons. The second-order valence-corrected chi connectivity index (χ2v) is 4.71. The summed E-state index contributed by atoms with van der Waals surface area (Å²) in [6.07, 6.45) is 0.526. The summed E-state index contributed by atoms with van der Waals surface area (Å²) < 4.78 is 0. The van der Waals surface area contributed by atoms with Gasteiger partial charge in [-0.2, -0.15) is 0 Å². The summed E-state index contributed by atoms with van der Waals surface area (Å²) >= 11 is 0. The number of nitrogens with zero attached hydrogens (tertiary/aromatic N) is 1. The van der Waals surface area contributed by atoms with E-state index < -0.39 is 0 Å². The lowest BCUT2D eigenvalue weighted by atomic mass is 9.87. The molecular weight excluding hydrogens is 190 g/mol. The molecule has 15 heavy (non-hydrogen) atoms. The van der Waals surface area contributed by atoms with E-state index in [1.807, 2.05) is 39.5 Å². The third-order valence-electron chi connectivity index (χ3n) is 3.42. The Morgan fingerprint density at radius 2 is 1.93 bits per heavy atom. The monoisotopic (exact) mass is 211 g/mol. The molecule has 3 nitrogen and oxygen atoms in total. The molecule has 0 aliphatic carbocycles. The van der Waals surface area contributed by atoms with Crippen molar-refractivity contribution in [3.63, 3.8) is 0 Å². The Labute approximate surface area is 91.8 Å². The van der Waals surface area contributed by atoms with Crippen molar-refractivity contribution in [3.8, 4) is 0 Å². The average Bonchev–Trinajstić information content (AvgIpc) is 2.37. The second kappa shape index (κ2) is 4.33. The summed E-state index contributed by atoms with van der Waals surface area (Å²) in [4.78, 5) is 25.6. The zero-order valence-electron chi connectivity index (χ0n) is 10.3. The molecule has 0 aromatic carbocycles. The first-order chi connectivity index (χ1) is 6.91. The van der Waals surface area contributed by atoms with Gasteiger partial charge >= 0.3 is 0 Å². The SMILES string of the molecule is CCC(=O)C1C(C)C(=O)N(C(C)C)C1C. The van der Waals surface area contributed by atoms with Gasteiger partial charge < -0.3 is 4.90 Å². The van der Waals surface area contributed by atoms with E-state index in [0.717, 1.165) is 0 Å². The van der Waals surface area contributed by atoms with E-state index in [0.29, 0.717) is 6.42 Å². The Morgan fingerprint density at radius 3 is 2.27 bits per heavy atom. The van der Waals surface area contributed by atoms with Gasteiger partial charge in [-0.25, -0.2) is 0 Å². The fourth-order valence-electron chi connectivity index (χ4n) is 2.69. The van der Waals surface area contributed by atoms with Crippen molar-refractivity contribution >= 4 is 11.7 Å². The molecule has 1 heterocycles. The van der Waals surface area contributed by atoms with Crippen LogP contribution < -0.4 is 0 Å². The molecule has 1 saturated heterocycles. The van der Waals surface area contributed by atoms with E-state index in [-0.39, 0.29) is 35.6 Å². The zero-order chi connectivity index (χ0) is 11.7. The molecule has 0 aromatic rings. The van der Waals surface area contributed by atoms with Crippen LogP contribution in [0.25, 0.3) is 0 Å². The molecule has 3 atom stereocenters. The summed E-state index contributed by atoms with van der Waals surface area (Å²) in [5.74, 6) is 0.0931. The van der Waals surface area contributed by atoms with Crippen LogP contribution in [0.15, 0.2) is 0 Å². The van der Waals surface area contributed by atoms with Gasteiger partial charge in [-0.05, 0) is 20.8 Å². The molecule has 1 aliphatic rings. The summed E-state index contributed by atoms with van der Waals surface area (Å²) in [7, 11) is 0. The first kappa shape index (κ1) is 12.2. The van der Waals surface area contributed by atoms with Crippen molar-refractivity contribution in [2.24, 2.45) is 11.8 Å². The van der Waals surface area contributed by atoms with Gasteiger partial charge in [-0.1, -0.05) is 13.8 Å². The van der Waals surface area contributed by atoms with Gasteiger partial charge in [0.25, 0.3) is 0 Å². The quantitative estimate of drug-likeness (QED) is 0.714. The Hall–Kier alpha value is -0.860. The summed E-state index contributed by atoms with van der Waals surface area (Å²) in [5.41, 5.74) is 0. The van der Waals surface area contributed by atoms with Gasteiger partial charge in [0.15, 0.2) is 0 Å². The molecule has 3 heteroatoms. The van der Waals surface area contributed by atoms with E-state index in [9.17, 15) is 9.59 Å². The van der Waals surface area contributed by atoms with E-state index in [1.165, 1.54) is 0 Å². The normalized spacial score (nSPS) is 31.5. The van der Waals surface area contributed by atoms with Gasteiger partial charge in [-0.15, -0.1) is 0 Å². The van der Waals surface area contributed by atoms with Crippen molar-refractivity contribution in [2.45, 2.75) is 53.1 Å². The molecule has 3 unspecified atom stereocenters. The summed E-state index contributed by atoms with van der Waals surface area (Å²) in [5, 5.41) is 0. The lowest BCUT2D eigenvalue weighted by molar-refractivity contribution is -0.133. The highest BCUT2D eigenvalue weighted by molar-refractivity contribution is 5.92. The molecule has 1 aliphatic heterocycles. The highest BCUT2D eigenvalue weighted by atomic mass is 16.2. The predicted molar refractivity (Wildman–Crippen MR) is 59.4 cm³/mol. The van der Waals surface area contributed by atoms with Gasteiger partial charge in [-0.3, -0.25) is 9.59 Å². The van der Waals surface area contributed by atoms with Crippen molar-refractivity contribution in [1.82, 2.24) is 4.90 Å². The fourth-order valence-corrected chi connectivity index (χ4v) is 2.69. The number of Topliss-reactive ketones (excluding diaryl/α,β-unsaturated/α-hetero) is 1. The minimum absolute atomic E-state index is 0.0555. The molecular formula is C12H21NO2. The van der Waals surface area contributed by atoms with Crippen LogP contribution in [0.3, 0.4) is 0 Å². The van der Waals surface area contributed by atoms with Crippen molar-refractivity contribution in [1.29, 1.82) is 0 Å². The number of rotatable bonds is 3. The minimum atomic E-state index is -0.144. The smallest absolute Gasteiger partial charge is 0.226 e. The number of hydrogen-bond acceptors (Lipinski definition) is 2. The van der Waals surface area contributed by atoms with Crippen molar-refractivity contribution in [3.05, 3.63) is 0 Å². The maximum absolute atomic E-state index is 12.0. The maximum Gasteiger partial charge on any atom is 0.226 e. The van der Waals surface area contributed by atoms with E-state index in [4.69, 9.17) is 0 Å². The first-order valence-corrected chi connectivity index (χ1v) is 5.76. The number of ketones is 1. The molecule has 0 N–H and O–H groups in total. The fraction of sp³-hybridized carbons (Fsp3) is 0.833. The van der Waals surface area contributed by atoms with Crippen LogP contribution in [0.4, 0.5) is 0 Å². The molecule has 0 aromatic heterocycles. The number of amides is 1. The van der Waals surface area contributed by atoms with Gasteiger partial charge in [0.2, 0.25) is 5.91 Å². The molecule has 0 spiro atoms. The predicted octanol–water partition coefficient (Wildman–Crippen LogP) is 1.86. The van der Waals surface area contributed by atoms with Crippen LogP contribution in [-0.4, -0.2) is 28.7 Å². The topological polar surface area (TPSA) is 37.4 Å². The number of hydrogen-bond donors (Lipinski definition) is 0. The molecule has 86 valence electrons. The van der Waals surface area contributed by atoms with Crippen molar-refractivity contribution in [2.75, 3.05) is 0 Å². The lowest BCUT2D eigenvalue weighted by Gasteiger charge is -2.27. The minimum Gasteiger partial charge on any atom is -0.337 e. The molecule has 1 fully saturated rings. The van der Waals surface area contributed by atoms with Gasteiger partial charge in [0.1, 0.15) is 5.78 Å². The van der Waals surface area contributed by atoms with Crippen LogP contribution in [0, 0.1) is 11.8 Å². The Bertz CT molecular complexity index is 273. The lowest BCUT2D eigenvalue weighted by Crippen LogP contribution is -2.39. The molecule has 0 saturated carbocycles. The van der Waals surface area contributed by atoms with Crippen molar-refractivity contribution < 1.29 is 9.59 Å². The standard InChI is InChI=1S/C12H21NO2/c1-6-10(14)11-8(4)12(15)13(7(2)3)9(11)5/h7-9,11H,6H2,1-5H3. The Balaban J connectivity index is 2.94. The van der Waals surface area contributed by atoms with E-state index in [2.05, 4.69) is 0 Å². The Morgan fingerprint density at radius 1 is 1.40 bits per heavy atom. The summed E-state index contributed by atoms with van der Waals surface area (Å²) in [6, 6.07) is 0.240. The highest BCUT2D eigenvalue weighted by Crippen LogP contribution is 2.33. The Kier molecular flexibility index (Phi) is 3.53. The van der Waals surface area contributed by atoms with Crippen LogP contribution in [0.1, 0.15) is 41.0 Å². The zero-order valence-corrected chi connectivity index (χ0v) is 10.3. The number of carbonyl (C=O) groups excluding carboxylic acids is 2. The third kappa shape index (κ3) is 1.92. The number of likely N-dealkylation sites (tertiary alicyclic amines) is 1. The van der Waals surface area contributed by atoms with Gasteiger partial charge in [0, 0.05) is 30.3 Å². The van der Waals surface area contributed by atoms with Crippen LogP contribution in [-0.2, 0) is 9.59 Å². The second-order valence-electron chi connectivity index (χ2n) is 4.71. The summed E-state index contributed by atoms with van der Waals surface area (Å²) in [6.45, 7) is 9.73. The average molecular weight is 211 g/mol. The van der Waals surface area contributed by atoms with Crippen LogP contribution in [0.2, 0.25) is 0 Å². The third-order valence-corrected chi connectivity index (χ3v) is 3.42. The van der Waals surface area contributed by atoms with Gasteiger partial charge in [0.05, 0.1) is 0 Å². The molecule has 1 rings (SSSR count). The van der Waals surface area contributed by atoms with Crippen LogP contribution >= 0.6 is 0 Å². The van der Waals surface area contributed by atoms with E-state index in [1.54, 1.807) is 0 Å². The number of carbonyl (C=O) groups is 2. The van der Waals surface area contributed by atoms with Crippen LogP contribution in [0.5, 0.6) is 0 Å². The maximum atomic E-state index is 12.0. The first-order valence-electron chi connectivity index (χ1n) is 5.76.